The highest BCUT2D eigenvalue weighted by atomic mass is 32.2. The molecule has 1 aromatic heterocycles. The topological polar surface area (TPSA) is 52.0 Å². The summed E-state index contributed by atoms with van der Waals surface area (Å²) in [5, 5.41) is 0.112. The summed E-state index contributed by atoms with van der Waals surface area (Å²) in [6.45, 7) is 2.53. The van der Waals surface area contributed by atoms with Gasteiger partial charge in [-0.3, -0.25) is 0 Å². The van der Waals surface area contributed by atoms with Crippen LogP contribution in [0.4, 0.5) is 0 Å². The lowest BCUT2D eigenvalue weighted by Gasteiger charge is -2.08. The predicted octanol–water partition coefficient (Wildman–Crippen LogP) is 1.64. The Morgan fingerprint density at radius 2 is 2.00 bits per heavy atom. The van der Waals surface area contributed by atoms with E-state index in [1.807, 2.05) is 31.2 Å². The van der Waals surface area contributed by atoms with Crippen LogP contribution in [0.2, 0.25) is 0 Å². The molecule has 2 aromatic rings. The van der Waals surface area contributed by atoms with Crippen LogP contribution >= 0.6 is 0 Å². The Kier molecular flexibility index (Phi) is 3.02. The largest absolute Gasteiger partial charge is 0.318 e. The molecular weight excluding hydrogens is 236 g/mol. The standard InChI is InChI=1S/C12H14N2O2S/c1-10-5-3-4-6-11(10)9-14-8-7-13-12(14)17(2,15)16/h3-8H,9H2,1-2H3. The molecule has 0 radical (unpaired) electrons. The molecule has 90 valence electrons. The molecule has 0 saturated carbocycles. The number of sulfone groups is 1. The number of nitrogens with zero attached hydrogens (tertiary/aromatic N) is 2. The van der Waals surface area contributed by atoms with E-state index in [0.29, 0.717) is 6.54 Å². The van der Waals surface area contributed by atoms with E-state index in [9.17, 15) is 8.42 Å². The molecule has 0 bridgehead atoms. The first-order valence-electron chi connectivity index (χ1n) is 5.24. The van der Waals surface area contributed by atoms with Crippen molar-refractivity contribution in [1.29, 1.82) is 0 Å². The van der Waals surface area contributed by atoms with E-state index in [4.69, 9.17) is 0 Å². The Morgan fingerprint density at radius 1 is 1.29 bits per heavy atom. The van der Waals surface area contributed by atoms with Gasteiger partial charge in [0.2, 0.25) is 15.0 Å². The first-order valence-corrected chi connectivity index (χ1v) is 7.13. The van der Waals surface area contributed by atoms with E-state index < -0.39 is 9.84 Å². The maximum absolute atomic E-state index is 11.5. The average molecular weight is 250 g/mol. The van der Waals surface area contributed by atoms with E-state index in [-0.39, 0.29) is 5.16 Å². The van der Waals surface area contributed by atoms with Crippen LogP contribution in [0, 0.1) is 6.92 Å². The number of hydrogen-bond acceptors (Lipinski definition) is 3. The second-order valence-corrected chi connectivity index (χ2v) is 5.95. The molecule has 0 atom stereocenters. The second kappa shape index (κ2) is 4.33. The summed E-state index contributed by atoms with van der Waals surface area (Å²) >= 11 is 0. The summed E-state index contributed by atoms with van der Waals surface area (Å²) in [7, 11) is -3.27. The molecule has 0 unspecified atom stereocenters. The zero-order valence-corrected chi connectivity index (χ0v) is 10.6. The van der Waals surface area contributed by atoms with Crippen molar-refractivity contribution in [3.8, 4) is 0 Å². The Morgan fingerprint density at radius 3 is 2.65 bits per heavy atom. The van der Waals surface area contributed by atoms with Crippen molar-refractivity contribution in [2.24, 2.45) is 0 Å². The smallest absolute Gasteiger partial charge is 0.227 e. The summed E-state index contributed by atoms with van der Waals surface area (Å²) in [4.78, 5) is 3.89. The highest BCUT2D eigenvalue weighted by Crippen LogP contribution is 2.13. The van der Waals surface area contributed by atoms with Gasteiger partial charge < -0.3 is 4.57 Å². The van der Waals surface area contributed by atoms with Gasteiger partial charge in [0.05, 0.1) is 0 Å². The van der Waals surface area contributed by atoms with Crippen LogP contribution in [0.1, 0.15) is 11.1 Å². The lowest BCUT2D eigenvalue weighted by Crippen LogP contribution is -2.10. The van der Waals surface area contributed by atoms with Gasteiger partial charge in [-0.15, -0.1) is 0 Å². The fourth-order valence-corrected chi connectivity index (χ4v) is 2.52. The van der Waals surface area contributed by atoms with Crippen LogP contribution in [-0.4, -0.2) is 24.2 Å². The van der Waals surface area contributed by atoms with Crippen molar-refractivity contribution in [3.63, 3.8) is 0 Å². The maximum Gasteiger partial charge on any atom is 0.227 e. The molecule has 4 nitrogen and oxygen atoms in total. The molecule has 17 heavy (non-hydrogen) atoms. The minimum absolute atomic E-state index is 0.112. The average Bonchev–Trinajstić information content (AvgIpc) is 2.69. The van der Waals surface area contributed by atoms with E-state index in [2.05, 4.69) is 4.98 Å². The van der Waals surface area contributed by atoms with Crippen molar-refractivity contribution in [2.75, 3.05) is 6.26 Å². The van der Waals surface area contributed by atoms with E-state index in [0.717, 1.165) is 11.1 Å². The van der Waals surface area contributed by atoms with Crippen molar-refractivity contribution in [2.45, 2.75) is 18.6 Å². The fraction of sp³-hybridized carbons (Fsp3) is 0.250. The molecule has 1 aromatic carbocycles. The summed E-state index contributed by atoms with van der Waals surface area (Å²) < 4.78 is 24.7. The van der Waals surface area contributed by atoms with E-state index >= 15 is 0 Å². The summed E-state index contributed by atoms with van der Waals surface area (Å²) in [6.07, 6.45) is 4.36. The van der Waals surface area contributed by atoms with Crippen LogP contribution < -0.4 is 0 Å². The van der Waals surface area contributed by atoms with Crippen molar-refractivity contribution in [3.05, 3.63) is 47.8 Å². The summed E-state index contributed by atoms with van der Waals surface area (Å²) in [5.74, 6) is 0. The molecule has 0 fully saturated rings. The number of aryl methyl sites for hydroxylation is 1. The Bertz CT molecular complexity index is 629. The van der Waals surface area contributed by atoms with Gasteiger partial charge >= 0.3 is 0 Å². The van der Waals surface area contributed by atoms with Gasteiger partial charge in [-0.2, -0.15) is 0 Å². The lowest BCUT2D eigenvalue weighted by atomic mass is 10.1. The maximum atomic E-state index is 11.5. The van der Waals surface area contributed by atoms with Gasteiger partial charge in [-0.1, -0.05) is 24.3 Å². The Labute approximate surface area is 101 Å². The van der Waals surface area contributed by atoms with Crippen LogP contribution in [0.3, 0.4) is 0 Å². The van der Waals surface area contributed by atoms with Gasteiger partial charge in [0, 0.05) is 25.2 Å². The zero-order valence-electron chi connectivity index (χ0n) is 9.79. The molecule has 0 aliphatic rings. The minimum Gasteiger partial charge on any atom is -0.318 e. The van der Waals surface area contributed by atoms with Crippen LogP contribution in [0.15, 0.2) is 41.8 Å². The van der Waals surface area contributed by atoms with Gasteiger partial charge in [0.25, 0.3) is 0 Å². The monoisotopic (exact) mass is 250 g/mol. The number of imidazole rings is 1. The third-order valence-electron chi connectivity index (χ3n) is 2.61. The minimum atomic E-state index is -3.27. The predicted molar refractivity (Wildman–Crippen MR) is 65.6 cm³/mol. The van der Waals surface area contributed by atoms with Gasteiger partial charge in [0.1, 0.15) is 0 Å². The third kappa shape index (κ3) is 2.55. The molecule has 0 amide bonds. The second-order valence-electron chi connectivity index (χ2n) is 4.04. The van der Waals surface area contributed by atoms with Crippen LogP contribution in [0.5, 0.6) is 0 Å². The van der Waals surface area contributed by atoms with Gasteiger partial charge in [0.15, 0.2) is 0 Å². The summed E-state index contributed by atoms with van der Waals surface area (Å²) in [6, 6.07) is 7.90. The SMILES string of the molecule is Cc1ccccc1Cn1ccnc1S(C)(=O)=O. The van der Waals surface area contributed by atoms with Crippen LogP contribution in [-0.2, 0) is 16.4 Å². The van der Waals surface area contributed by atoms with Crippen molar-refractivity contribution >= 4 is 9.84 Å². The van der Waals surface area contributed by atoms with Gasteiger partial charge in [-0.05, 0) is 18.1 Å². The number of aromatic nitrogens is 2. The molecule has 0 N–H and O–H groups in total. The molecule has 5 heteroatoms. The Balaban J connectivity index is 2.39. The highest BCUT2D eigenvalue weighted by molar-refractivity contribution is 7.90. The van der Waals surface area contributed by atoms with Gasteiger partial charge in [-0.25, -0.2) is 13.4 Å². The highest BCUT2D eigenvalue weighted by Gasteiger charge is 2.14. The van der Waals surface area contributed by atoms with Crippen LogP contribution in [0.25, 0.3) is 0 Å². The molecule has 1 heterocycles. The van der Waals surface area contributed by atoms with Crippen molar-refractivity contribution in [1.82, 2.24) is 9.55 Å². The normalized spacial score (nSPS) is 11.6. The number of benzene rings is 1. The molecule has 2 rings (SSSR count). The van der Waals surface area contributed by atoms with E-state index in [1.54, 1.807) is 10.8 Å². The molecule has 0 aliphatic carbocycles. The number of rotatable bonds is 3. The fourth-order valence-electron chi connectivity index (χ4n) is 1.72. The zero-order chi connectivity index (χ0) is 12.5. The molecule has 0 saturated heterocycles. The lowest BCUT2D eigenvalue weighted by molar-refractivity contribution is 0.578. The Hall–Kier alpha value is -1.62. The molecular formula is C12H14N2O2S. The van der Waals surface area contributed by atoms with Crippen molar-refractivity contribution < 1.29 is 8.42 Å². The number of hydrogen-bond donors (Lipinski definition) is 0. The first-order chi connectivity index (χ1) is 7.98. The summed E-state index contributed by atoms with van der Waals surface area (Å²) in [5.41, 5.74) is 2.23. The molecule has 0 spiro atoms. The van der Waals surface area contributed by atoms with E-state index in [1.165, 1.54) is 12.5 Å². The molecule has 0 aliphatic heterocycles. The first kappa shape index (κ1) is 11.9. The third-order valence-corrected chi connectivity index (χ3v) is 3.61. The quantitative estimate of drug-likeness (QED) is 0.832.